The van der Waals surface area contributed by atoms with Gasteiger partial charge in [0.15, 0.2) is 0 Å². The van der Waals surface area contributed by atoms with E-state index in [4.69, 9.17) is 11.6 Å². The van der Waals surface area contributed by atoms with E-state index in [2.05, 4.69) is 4.72 Å². The molecule has 2 aromatic carbocycles. The molecule has 0 bridgehead atoms. The summed E-state index contributed by atoms with van der Waals surface area (Å²) in [6.07, 6.45) is 0.195. The number of amides is 1. The number of nitrogens with one attached hydrogen (secondary N) is 1. The lowest BCUT2D eigenvalue weighted by Gasteiger charge is -2.44. The fourth-order valence-corrected chi connectivity index (χ4v) is 5.13. The number of benzene rings is 2. The Balaban J connectivity index is 1.87. The van der Waals surface area contributed by atoms with Crippen molar-refractivity contribution in [3.63, 3.8) is 0 Å². The molecular formula is C21H25ClN2O5S. The SMILES string of the molecule is CC(C)(C)[C@](C)(C(=O)O)N1CC[C@@H](NS(=O)(=O)c2ccc3cc(Cl)ccc3c2)C1=O. The number of carboxylic acid groups (broad SMARTS) is 1. The molecule has 9 heteroatoms. The Kier molecular flexibility index (Phi) is 5.64. The summed E-state index contributed by atoms with van der Waals surface area (Å²) in [6, 6.07) is 8.73. The molecule has 0 aromatic heterocycles. The lowest BCUT2D eigenvalue weighted by Crippen LogP contribution is -2.62. The van der Waals surface area contributed by atoms with Gasteiger partial charge in [0.2, 0.25) is 15.9 Å². The van der Waals surface area contributed by atoms with Crippen LogP contribution >= 0.6 is 11.6 Å². The minimum atomic E-state index is -3.98. The molecule has 1 aliphatic heterocycles. The van der Waals surface area contributed by atoms with Crippen LogP contribution in [0.15, 0.2) is 41.3 Å². The predicted molar refractivity (Wildman–Crippen MR) is 115 cm³/mol. The summed E-state index contributed by atoms with van der Waals surface area (Å²) in [5, 5.41) is 11.9. The molecule has 2 N–H and O–H groups in total. The van der Waals surface area contributed by atoms with Crippen molar-refractivity contribution in [2.24, 2.45) is 5.41 Å². The minimum absolute atomic E-state index is 0.0281. The number of rotatable bonds is 5. The summed E-state index contributed by atoms with van der Waals surface area (Å²) in [7, 11) is -3.98. The topological polar surface area (TPSA) is 104 Å². The quantitative estimate of drug-likeness (QED) is 0.724. The molecule has 0 aliphatic carbocycles. The van der Waals surface area contributed by atoms with E-state index in [-0.39, 0.29) is 17.9 Å². The summed E-state index contributed by atoms with van der Waals surface area (Å²) in [4.78, 5) is 26.3. The Morgan fingerprint density at radius 2 is 1.73 bits per heavy atom. The molecule has 0 spiro atoms. The summed E-state index contributed by atoms with van der Waals surface area (Å²) in [5.41, 5.74) is -2.21. The first-order chi connectivity index (χ1) is 13.8. The average molecular weight is 453 g/mol. The molecule has 1 amide bonds. The number of carboxylic acids is 1. The highest BCUT2D eigenvalue weighted by atomic mass is 35.5. The van der Waals surface area contributed by atoms with Gasteiger partial charge >= 0.3 is 5.97 Å². The molecule has 3 rings (SSSR count). The van der Waals surface area contributed by atoms with Crippen molar-refractivity contribution in [3.8, 4) is 0 Å². The molecule has 0 saturated carbocycles. The normalized spacial score (nSPS) is 19.8. The second-order valence-electron chi connectivity index (χ2n) is 8.73. The Morgan fingerprint density at radius 3 is 2.33 bits per heavy atom. The second-order valence-corrected chi connectivity index (χ2v) is 10.9. The number of hydrogen-bond donors (Lipinski definition) is 2. The van der Waals surface area contributed by atoms with Crippen molar-refractivity contribution in [2.75, 3.05) is 6.54 Å². The number of nitrogens with zero attached hydrogens (tertiary/aromatic N) is 1. The van der Waals surface area contributed by atoms with Gasteiger partial charge in [-0.05, 0) is 53.8 Å². The summed E-state index contributed by atoms with van der Waals surface area (Å²) < 4.78 is 28.3. The molecule has 162 valence electrons. The average Bonchev–Trinajstić information content (AvgIpc) is 2.99. The smallest absolute Gasteiger partial charge is 0.329 e. The molecule has 1 aliphatic rings. The highest BCUT2D eigenvalue weighted by Crippen LogP contribution is 2.38. The van der Waals surface area contributed by atoms with Crippen LogP contribution in [0.1, 0.15) is 34.1 Å². The van der Waals surface area contributed by atoms with Crippen molar-refractivity contribution >= 4 is 44.3 Å². The molecule has 2 aromatic rings. The van der Waals surface area contributed by atoms with Gasteiger partial charge in [0.1, 0.15) is 11.6 Å². The predicted octanol–water partition coefficient (Wildman–Crippen LogP) is 3.26. The van der Waals surface area contributed by atoms with Crippen LogP contribution in [-0.2, 0) is 19.6 Å². The van der Waals surface area contributed by atoms with Crippen LogP contribution < -0.4 is 4.72 Å². The first-order valence-electron chi connectivity index (χ1n) is 9.54. The van der Waals surface area contributed by atoms with Gasteiger partial charge in [-0.15, -0.1) is 0 Å². The standard InChI is InChI=1S/C21H25ClN2O5S/c1-20(2,3)21(4,19(26)27)24-10-9-17(18(24)25)23-30(28,29)16-8-6-13-11-15(22)7-5-14(13)12-16/h5-8,11-12,17,23H,9-10H2,1-4H3,(H,26,27)/t17-,21+/m1/s1. The van der Waals surface area contributed by atoms with Gasteiger partial charge in [0.25, 0.3) is 0 Å². The highest BCUT2D eigenvalue weighted by Gasteiger charge is 2.54. The Morgan fingerprint density at radius 1 is 1.13 bits per heavy atom. The van der Waals surface area contributed by atoms with E-state index in [1.165, 1.54) is 24.0 Å². The largest absolute Gasteiger partial charge is 0.479 e. The maximum absolute atomic E-state index is 13.0. The molecular weight excluding hydrogens is 428 g/mol. The lowest BCUT2D eigenvalue weighted by atomic mass is 9.73. The van der Waals surface area contributed by atoms with Crippen LogP contribution in [0.3, 0.4) is 0 Å². The van der Waals surface area contributed by atoms with Crippen molar-refractivity contribution < 1.29 is 23.1 Å². The number of aliphatic carboxylic acids is 1. The first-order valence-corrected chi connectivity index (χ1v) is 11.4. The number of sulfonamides is 1. The Bertz CT molecular complexity index is 1130. The maximum atomic E-state index is 13.0. The second kappa shape index (κ2) is 7.51. The zero-order valence-corrected chi connectivity index (χ0v) is 18.8. The molecule has 1 fully saturated rings. The zero-order chi connectivity index (χ0) is 22.5. The fourth-order valence-electron chi connectivity index (χ4n) is 3.69. The van der Waals surface area contributed by atoms with Crippen molar-refractivity contribution in [1.29, 1.82) is 0 Å². The molecule has 1 saturated heterocycles. The van der Waals surface area contributed by atoms with Crippen LogP contribution in [0.4, 0.5) is 0 Å². The van der Waals surface area contributed by atoms with E-state index in [0.717, 1.165) is 5.39 Å². The third-order valence-electron chi connectivity index (χ3n) is 6.00. The van der Waals surface area contributed by atoms with Gasteiger partial charge in [-0.2, -0.15) is 4.72 Å². The minimum Gasteiger partial charge on any atom is -0.479 e. The van der Waals surface area contributed by atoms with E-state index in [1.807, 2.05) is 0 Å². The fraction of sp³-hybridized carbons (Fsp3) is 0.429. The van der Waals surface area contributed by atoms with Crippen LogP contribution in [0, 0.1) is 5.41 Å². The number of carbonyl (C=O) groups excluding carboxylic acids is 1. The molecule has 0 unspecified atom stereocenters. The van der Waals surface area contributed by atoms with Gasteiger partial charge in [0.05, 0.1) is 4.90 Å². The molecule has 0 radical (unpaired) electrons. The number of carbonyl (C=O) groups is 2. The van der Waals surface area contributed by atoms with Crippen molar-refractivity contribution in [1.82, 2.24) is 9.62 Å². The van der Waals surface area contributed by atoms with Crippen molar-refractivity contribution in [3.05, 3.63) is 41.4 Å². The third kappa shape index (κ3) is 3.79. The van der Waals surface area contributed by atoms with E-state index >= 15 is 0 Å². The zero-order valence-electron chi connectivity index (χ0n) is 17.3. The number of hydrogen-bond acceptors (Lipinski definition) is 4. The van der Waals surface area contributed by atoms with Gasteiger partial charge in [0, 0.05) is 11.6 Å². The van der Waals surface area contributed by atoms with Gasteiger partial charge in [-0.1, -0.05) is 44.5 Å². The summed E-state index contributed by atoms with van der Waals surface area (Å²) in [6.45, 7) is 6.88. The molecule has 1 heterocycles. The molecule has 2 atom stereocenters. The Hall–Kier alpha value is -2.16. The van der Waals surface area contributed by atoms with E-state index < -0.39 is 38.9 Å². The van der Waals surface area contributed by atoms with Crippen LogP contribution in [0.2, 0.25) is 5.02 Å². The van der Waals surface area contributed by atoms with Crippen LogP contribution in [0.5, 0.6) is 0 Å². The van der Waals surface area contributed by atoms with Gasteiger partial charge < -0.3 is 10.0 Å². The number of halogens is 1. The lowest BCUT2D eigenvalue weighted by molar-refractivity contribution is -0.164. The number of likely N-dealkylation sites (tertiary alicyclic amines) is 1. The summed E-state index contributed by atoms with van der Waals surface area (Å²) in [5.74, 6) is -1.66. The molecule has 7 nitrogen and oxygen atoms in total. The van der Waals surface area contributed by atoms with E-state index in [0.29, 0.717) is 10.4 Å². The Labute approximate surface area is 181 Å². The van der Waals surface area contributed by atoms with Crippen LogP contribution in [-0.4, -0.2) is 48.4 Å². The summed E-state index contributed by atoms with van der Waals surface area (Å²) >= 11 is 5.97. The van der Waals surface area contributed by atoms with Crippen LogP contribution in [0.25, 0.3) is 10.8 Å². The van der Waals surface area contributed by atoms with Gasteiger partial charge in [-0.25, -0.2) is 13.2 Å². The maximum Gasteiger partial charge on any atom is 0.329 e. The number of fused-ring (bicyclic) bond motifs is 1. The third-order valence-corrected chi connectivity index (χ3v) is 7.71. The van der Waals surface area contributed by atoms with E-state index in [1.54, 1.807) is 45.0 Å². The van der Waals surface area contributed by atoms with Crippen molar-refractivity contribution in [2.45, 2.75) is 50.6 Å². The first kappa shape index (κ1) is 22.5. The highest BCUT2D eigenvalue weighted by molar-refractivity contribution is 7.89. The molecule has 30 heavy (non-hydrogen) atoms. The monoisotopic (exact) mass is 452 g/mol. The van der Waals surface area contributed by atoms with Gasteiger partial charge in [-0.3, -0.25) is 4.79 Å². The van der Waals surface area contributed by atoms with E-state index in [9.17, 15) is 23.1 Å².